The minimum atomic E-state index is 0.102. The van der Waals surface area contributed by atoms with Crippen molar-refractivity contribution in [2.24, 2.45) is 11.7 Å². The molecule has 0 aromatic heterocycles. The van der Waals surface area contributed by atoms with Crippen LogP contribution < -0.4 is 11.1 Å². The molecule has 1 amide bonds. The van der Waals surface area contributed by atoms with Gasteiger partial charge in [0.2, 0.25) is 5.91 Å². The van der Waals surface area contributed by atoms with Crippen molar-refractivity contribution in [3.8, 4) is 0 Å². The van der Waals surface area contributed by atoms with E-state index in [2.05, 4.69) is 5.32 Å². The topological polar surface area (TPSA) is 55.1 Å². The number of nitrogens with one attached hydrogen (secondary N) is 1. The van der Waals surface area contributed by atoms with Crippen LogP contribution in [-0.2, 0) is 4.79 Å². The van der Waals surface area contributed by atoms with E-state index in [-0.39, 0.29) is 5.91 Å². The highest BCUT2D eigenvalue weighted by Crippen LogP contribution is 2.26. The number of carbonyl (C=O) groups is 1. The molecule has 3 N–H and O–H groups in total. The number of carbonyl (C=O) groups excluding carboxylic acids is 1. The van der Waals surface area contributed by atoms with Gasteiger partial charge in [0.1, 0.15) is 4.99 Å². The molecule has 0 saturated heterocycles. The molecule has 0 bridgehead atoms. The first kappa shape index (κ1) is 16.0. The Balaban J connectivity index is 1.98. The predicted octanol–water partition coefficient (Wildman–Crippen LogP) is 3.93. The summed E-state index contributed by atoms with van der Waals surface area (Å²) in [4.78, 5) is 12.6. The summed E-state index contributed by atoms with van der Waals surface area (Å²) in [5.41, 5.74) is 8.29. The average Bonchev–Trinajstić information content (AvgIpc) is 2.69. The van der Waals surface area contributed by atoms with Gasteiger partial charge in [0, 0.05) is 17.7 Å². The fourth-order valence-corrected chi connectivity index (χ4v) is 3.07. The number of anilines is 1. The Morgan fingerprint density at radius 1 is 1.29 bits per heavy atom. The van der Waals surface area contributed by atoms with E-state index < -0.39 is 0 Å². The van der Waals surface area contributed by atoms with Gasteiger partial charge in [-0.3, -0.25) is 4.79 Å². The summed E-state index contributed by atoms with van der Waals surface area (Å²) in [6, 6.07) is 5.69. The van der Waals surface area contributed by atoms with E-state index in [0.717, 1.165) is 16.8 Å². The minimum absolute atomic E-state index is 0.102. The van der Waals surface area contributed by atoms with Gasteiger partial charge in [0.05, 0.1) is 0 Å². The smallest absolute Gasteiger partial charge is 0.224 e. The lowest BCUT2D eigenvalue weighted by Crippen LogP contribution is -2.18. The molecule has 0 aliphatic heterocycles. The number of benzene rings is 1. The fourth-order valence-electron chi connectivity index (χ4n) is 2.94. The van der Waals surface area contributed by atoms with E-state index >= 15 is 0 Å². The van der Waals surface area contributed by atoms with Crippen molar-refractivity contribution in [3.05, 3.63) is 29.3 Å². The highest BCUT2D eigenvalue weighted by molar-refractivity contribution is 7.80. The number of rotatable bonds is 4. The molecule has 1 fully saturated rings. The number of amides is 1. The molecule has 3 nitrogen and oxygen atoms in total. The molecule has 0 radical (unpaired) electrons. The summed E-state index contributed by atoms with van der Waals surface area (Å²) in [6.07, 6.45) is 8.12. The first-order chi connectivity index (χ1) is 10.1. The first-order valence-electron chi connectivity index (χ1n) is 7.76. The Kier molecular flexibility index (Phi) is 5.74. The Bertz CT molecular complexity index is 520. The van der Waals surface area contributed by atoms with Crippen LogP contribution in [0.3, 0.4) is 0 Å². The van der Waals surface area contributed by atoms with Gasteiger partial charge in [0.15, 0.2) is 0 Å². The van der Waals surface area contributed by atoms with Crippen molar-refractivity contribution in [1.82, 2.24) is 0 Å². The van der Waals surface area contributed by atoms with E-state index in [1.54, 1.807) is 0 Å². The summed E-state index contributed by atoms with van der Waals surface area (Å²) < 4.78 is 0. The second-order valence-corrected chi connectivity index (χ2v) is 6.44. The molecular weight excluding hydrogens is 280 g/mol. The molecule has 114 valence electrons. The van der Waals surface area contributed by atoms with Crippen LogP contribution in [0.1, 0.15) is 56.1 Å². The van der Waals surface area contributed by atoms with Crippen LogP contribution in [0.15, 0.2) is 18.2 Å². The Morgan fingerprint density at radius 3 is 2.57 bits per heavy atom. The van der Waals surface area contributed by atoms with E-state index in [4.69, 9.17) is 18.0 Å². The molecular formula is C17H24N2OS. The number of hydrogen-bond acceptors (Lipinski definition) is 2. The lowest BCUT2D eigenvalue weighted by Gasteiger charge is -2.15. The van der Waals surface area contributed by atoms with Crippen LogP contribution in [0.2, 0.25) is 0 Å². The molecule has 1 aliphatic rings. The van der Waals surface area contributed by atoms with Gasteiger partial charge in [-0.2, -0.15) is 0 Å². The average molecular weight is 304 g/mol. The maximum atomic E-state index is 12.3. The number of thiocarbonyl (C=S) groups is 1. The molecule has 1 saturated carbocycles. The third kappa shape index (κ3) is 4.81. The summed E-state index contributed by atoms with van der Waals surface area (Å²) in [7, 11) is 0. The monoisotopic (exact) mass is 304 g/mol. The normalized spacial score (nSPS) is 16.2. The summed E-state index contributed by atoms with van der Waals surface area (Å²) in [5.74, 6) is 0.636. The molecule has 2 rings (SSSR count). The second kappa shape index (κ2) is 7.55. The fraction of sp³-hybridized carbons (Fsp3) is 0.529. The van der Waals surface area contributed by atoms with Crippen LogP contribution >= 0.6 is 12.2 Å². The zero-order valence-corrected chi connectivity index (χ0v) is 13.5. The number of nitrogens with two attached hydrogens (primary N) is 1. The summed E-state index contributed by atoms with van der Waals surface area (Å²) in [5, 5.41) is 3.02. The molecule has 4 heteroatoms. The largest absolute Gasteiger partial charge is 0.389 e. The van der Waals surface area contributed by atoms with E-state index in [9.17, 15) is 4.79 Å². The van der Waals surface area contributed by atoms with Gasteiger partial charge in [0.25, 0.3) is 0 Å². The third-order valence-electron chi connectivity index (χ3n) is 4.24. The van der Waals surface area contributed by atoms with Gasteiger partial charge >= 0.3 is 0 Å². The zero-order chi connectivity index (χ0) is 15.2. The quantitative estimate of drug-likeness (QED) is 0.654. The molecule has 0 atom stereocenters. The standard InChI is InChI=1S/C17H24N2OS/c1-12-8-9-14(17(18)21)11-15(12)19-16(20)10-13-6-4-2-3-5-7-13/h8-9,11,13H,2-7,10H2,1H3,(H2,18,21)(H,19,20). The van der Waals surface area contributed by atoms with Crippen LogP contribution in [-0.4, -0.2) is 10.9 Å². The maximum Gasteiger partial charge on any atom is 0.224 e. The number of aryl methyl sites for hydroxylation is 1. The molecule has 1 aliphatic carbocycles. The van der Waals surface area contributed by atoms with Crippen LogP contribution in [0.4, 0.5) is 5.69 Å². The van der Waals surface area contributed by atoms with E-state index in [1.165, 1.54) is 38.5 Å². The minimum Gasteiger partial charge on any atom is -0.389 e. The Morgan fingerprint density at radius 2 is 1.95 bits per heavy atom. The van der Waals surface area contributed by atoms with Crippen molar-refractivity contribution >= 4 is 28.8 Å². The molecule has 0 spiro atoms. The SMILES string of the molecule is Cc1ccc(C(N)=S)cc1NC(=O)CC1CCCCCC1. The number of hydrogen-bond donors (Lipinski definition) is 2. The van der Waals surface area contributed by atoms with Gasteiger partial charge in [-0.1, -0.05) is 50.0 Å². The van der Waals surface area contributed by atoms with Gasteiger partial charge in [-0.05, 0) is 37.3 Å². The third-order valence-corrected chi connectivity index (χ3v) is 4.48. The van der Waals surface area contributed by atoms with Crippen molar-refractivity contribution < 1.29 is 4.79 Å². The molecule has 1 aromatic rings. The van der Waals surface area contributed by atoms with Gasteiger partial charge < -0.3 is 11.1 Å². The van der Waals surface area contributed by atoms with Crippen LogP contribution in [0.25, 0.3) is 0 Å². The van der Waals surface area contributed by atoms with Crippen molar-refractivity contribution in [1.29, 1.82) is 0 Å². The highest BCUT2D eigenvalue weighted by atomic mass is 32.1. The Labute approximate surface area is 132 Å². The van der Waals surface area contributed by atoms with Crippen LogP contribution in [0, 0.1) is 12.8 Å². The molecule has 1 aromatic carbocycles. The first-order valence-corrected chi connectivity index (χ1v) is 8.17. The maximum absolute atomic E-state index is 12.3. The summed E-state index contributed by atoms with van der Waals surface area (Å²) >= 11 is 4.99. The van der Waals surface area contributed by atoms with Crippen LogP contribution in [0.5, 0.6) is 0 Å². The second-order valence-electron chi connectivity index (χ2n) is 6.00. The van der Waals surface area contributed by atoms with E-state index in [0.29, 0.717) is 17.3 Å². The predicted molar refractivity (Wildman–Crippen MR) is 91.5 cm³/mol. The lowest BCUT2D eigenvalue weighted by atomic mass is 9.96. The lowest BCUT2D eigenvalue weighted by molar-refractivity contribution is -0.117. The van der Waals surface area contributed by atoms with Crippen molar-refractivity contribution in [3.63, 3.8) is 0 Å². The van der Waals surface area contributed by atoms with E-state index in [1.807, 2.05) is 25.1 Å². The summed E-state index contributed by atoms with van der Waals surface area (Å²) in [6.45, 7) is 1.98. The highest BCUT2D eigenvalue weighted by Gasteiger charge is 2.16. The molecule has 21 heavy (non-hydrogen) atoms. The van der Waals surface area contributed by atoms with Crippen molar-refractivity contribution in [2.75, 3.05) is 5.32 Å². The Hall–Kier alpha value is -1.42. The molecule has 0 heterocycles. The zero-order valence-electron chi connectivity index (χ0n) is 12.7. The van der Waals surface area contributed by atoms with Crippen molar-refractivity contribution in [2.45, 2.75) is 51.9 Å². The van der Waals surface area contributed by atoms with Gasteiger partial charge in [-0.25, -0.2) is 0 Å². The van der Waals surface area contributed by atoms with Gasteiger partial charge in [-0.15, -0.1) is 0 Å². The molecule has 0 unspecified atom stereocenters.